The Kier molecular flexibility index (Phi) is 6.02. The van der Waals surface area contributed by atoms with Gasteiger partial charge in [-0.25, -0.2) is 4.79 Å². The second kappa shape index (κ2) is 7.79. The number of nitrogens with one attached hydrogen (secondary N) is 1. The van der Waals surface area contributed by atoms with E-state index in [0.717, 1.165) is 18.6 Å². The lowest BCUT2D eigenvalue weighted by molar-refractivity contribution is 0.0438. The first-order valence-electron chi connectivity index (χ1n) is 8.24. The average Bonchev–Trinajstić information content (AvgIpc) is 3.00. The fourth-order valence-corrected chi connectivity index (χ4v) is 2.82. The third kappa shape index (κ3) is 5.84. The Hall–Kier alpha value is -1.59. The van der Waals surface area contributed by atoms with Crippen LogP contribution in [0.2, 0.25) is 0 Å². The minimum Gasteiger partial charge on any atom is -0.389 e. The van der Waals surface area contributed by atoms with E-state index in [1.807, 2.05) is 37.3 Å². The topological polar surface area (TPSA) is 61.8 Å². The Morgan fingerprint density at radius 2 is 2.13 bits per heavy atom. The molecule has 0 aromatic heterocycles. The number of nitrogens with zero attached hydrogens (tertiary/aromatic N) is 1. The van der Waals surface area contributed by atoms with Crippen LogP contribution in [0.4, 0.5) is 4.79 Å². The van der Waals surface area contributed by atoms with Gasteiger partial charge < -0.3 is 20.1 Å². The number of ether oxygens (including phenoxy) is 1. The van der Waals surface area contributed by atoms with E-state index in [0.29, 0.717) is 19.1 Å². The molecule has 5 heteroatoms. The Bertz CT molecular complexity index is 493. The zero-order valence-electron chi connectivity index (χ0n) is 14.3. The highest BCUT2D eigenvalue weighted by Gasteiger charge is 2.27. The first-order chi connectivity index (χ1) is 10.8. The van der Waals surface area contributed by atoms with Crippen LogP contribution in [0.25, 0.3) is 0 Å². The molecule has 1 saturated heterocycles. The molecule has 0 radical (unpaired) electrons. The normalized spacial score (nSPS) is 19.4. The molecule has 1 aliphatic rings. The van der Waals surface area contributed by atoms with Crippen LogP contribution in [-0.2, 0) is 11.3 Å². The molecule has 23 heavy (non-hydrogen) atoms. The van der Waals surface area contributed by atoms with E-state index in [2.05, 4.69) is 5.32 Å². The molecule has 5 nitrogen and oxygen atoms in total. The summed E-state index contributed by atoms with van der Waals surface area (Å²) in [7, 11) is 0. The number of hydrogen-bond acceptors (Lipinski definition) is 3. The zero-order valence-corrected chi connectivity index (χ0v) is 14.3. The highest BCUT2D eigenvalue weighted by atomic mass is 16.5. The van der Waals surface area contributed by atoms with E-state index < -0.39 is 5.60 Å². The summed E-state index contributed by atoms with van der Waals surface area (Å²) in [6, 6.07) is 9.74. The van der Waals surface area contributed by atoms with Crippen LogP contribution < -0.4 is 5.32 Å². The van der Waals surface area contributed by atoms with Crippen LogP contribution >= 0.6 is 0 Å². The van der Waals surface area contributed by atoms with Crippen molar-refractivity contribution in [2.45, 2.75) is 45.4 Å². The number of aliphatic hydroxyl groups is 1. The van der Waals surface area contributed by atoms with Gasteiger partial charge in [-0.2, -0.15) is 0 Å². The van der Waals surface area contributed by atoms with Crippen molar-refractivity contribution in [1.82, 2.24) is 10.2 Å². The van der Waals surface area contributed by atoms with Gasteiger partial charge in [0.25, 0.3) is 0 Å². The minimum atomic E-state index is -0.939. The molecule has 2 atom stereocenters. The lowest BCUT2D eigenvalue weighted by Crippen LogP contribution is -2.50. The van der Waals surface area contributed by atoms with Crippen molar-refractivity contribution < 1.29 is 14.6 Å². The van der Waals surface area contributed by atoms with Gasteiger partial charge in [0, 0.05) is 25.1 Å². The fraction of sp³-hybridized carbons (Fsp3) is 0.611. The molecule has 2 N–H and O–H groups in total. The van der Waals surface area contributed by atoms with E-state index >= 15 is 0 Å². The van der Waals surface area contributed by atoms with Crippen LogP contribution in [0.5, 0.6) is 0 Å². The van der Waals surface area contributed by atoms with E-state index in [4.69, 9.17) is 4.74 Å². The maximum absolute atomic E-state index is 12.7. The summed E-state index contributed by atoms with van der Waals surface area (Å²) in [6.07, 6.45) is 0.978. The van der Waals surface area contributed by atoms with Gasteiger partial charge in [0.05, 0.1) is 18.8 Å². The van der Waals surface area contributed by atoms with Crippen molar-refractivity contribution in [3.63, 3.8) is 0 Å². The molecule has 0 bridgehead atoms. The predicted octanol–water partition coefficient (Wildman–Crippen LogP) is 2.39. The lowest BCUT2D eigenvalue weighted by atomic mass is 10.0. The minimum absolute atomic E-state index is 0.0603. The zero-order chi connectivity index (χ0) is 16.9. The molecular weight excluding hydrogens is 292 g/mol. The van der Waals surface area contributed by atoms with Crippen LogP contribution in [0.15, 0.2) is 30.3 Å². The van der Waals surface area contributed by atoms with Gasteiger partial charge in [0.15, 0.2) is 0 Å². The molecule has 1 aromatic rings. The van der Waals surface area contributed by atoms with Gasteiger partial charge in [-0.15, -0.1) is 0 Å². The molecule has 1 fully saturated rings. The monoisotopic (exact) mass is 320 g/mol. The SMILES string of the molecule is C[C@@H](NC(=O)N(Cc1ccccc1)CC(C)(C)O)[C@H]1CCOC1. The van der Waals surface area contributed by atoms with Crippen LogP contribution in [0.3, 0.4) is 0 Å². The highest BCUT2D eigenvalue weighted by molar-refractivity contribution is 5.74. The van der Waals surface area contributed by atoms with Gasteiger partial charge >= 0.3 is 6.03 Å². The molecule has 0 spiro atoms. The summed E-state index contributed by atoms with van der Waals surface area (Å²) in [4.78, 5) is 14.3. The summed E-state index contributed by atoms with van der Waals surface area (Å²) in [5.74, 6) is 0.361. The Morgan fingerprint density at radius 1 is 1.43 bits per heavy atom. The average molecular weight is 320 g/mol. The van der Waals surface area contributed by atoms with Crippen molar-refractivity contribution in [2.75, 3.05) is 19.8 Å². The molecule has 0 saturated carbocycles. The standard InChI is InChI=1S/C18H28N2O3/c1-14(16-9-10-23-12-16)19-17(21)20(13-18(2,3)22)11-15-7-5-4-6-8-15/h4-8,14,16,22H,9-13H2,1-3H3,(H,19,21)/t14-,16+/m1/s1. The van der Waals surface area contributed by atoms with Crippen molar-refractivity contribution in [1.29, 1.82) is 0 Å². The third-order valence-electron chi connectivity index (χ3n) is 4.10. The second-order valence-corrected chi connectivity index (χ2v) is 7.02. The summed E-state index contributed by atoms with van der Waals surface area (Å²) in [5, 5.41) is 13.2. The lowest BCUT2D eigenvalue weighted by Gasteiger charge is -2.31. The van der Waals surface area contributed by atoms with Crippen molar-refractivity contribution in [3.8, 4) is 0 Å². The molecule has 2 rings (SSSR count). The molecule has 2 amide bonds. The van der Waals surface area contributed by atoms with Gasteiger partial charge in [-0.05, 0) is 32.8 Å². The second-order valence-electron chi connectivity index (χ2n) is 7.02. The van der Waals surface area contributed by atoms with E-state index in [1.54, 1.807) is 18.7 Å². The van der Waals surface area contributed by atoms with Gasteiger partial charge in [0.2, 0.25) is 0 Å². The first kappa shape index (κ1) is 17.8. The number of carbonyl (C=O) groups excluding carboxylic acids is 1. The van der Waals surface area contributed by atoms with Crippen LogP contribution in [0, 0.1) is 5.92 Å². The van der Waals surface area contributed by atoms with Crippen molar-refractivity contribution in [3.05, 3.63) is 35.9 Å². The van der Waals surface area contributed by atoms with E-state index in [1.165, 1.54) is 0 Å². The molecule has 0 unspecified atom stereocenters. The van der Waals surface area contributed by atoms with E-state index in [-0.39, 0.29) is 18.6 Å². The van der Waals surface area contributed by atoms with Crippen LogP contribution in [0.1, 0.15) is 32.8 Å². The number of benzene rings is 1. The fourth-order valence-electron chi connectivity index (χ4n) is 2.82. The molecule has 1 aromatic carbocycles. The summed E-state index contributed by atoms with van der Waals surface area (Å²) < 4.78 is 5.39. The Morgan fingerprint density at radius 3 is 2.70 bits per heavy atom. The third-order valence-corrected chi connectivity index (χ3v) is 4.10. The Balaban J connectivity index is 2.01. The van der Waals surface area contributed by atoms with Crippen LogP contribution in [-0.4, -0.2) is 47.4 Å². The number of hydrogen-bond donors (Lipinski definition) is 2. The predicted molar refractivity (Wildman–Crippen MR) is 90.1 cm³/mol. The summed E-state index contributed by atoms with van der Waals surface area (Å²) in [6.45, 7) is 7.67. The van der Waals surface area contributed by atoms with Crippen molar-refractivity contribution in [2.24, 2.45) is 5.92 Å². The summed E-state index contributed by atoms with van der Waals surface area (Å²) >= 11 is 0. The maximum atomic E-state index is 12.7. The quantitative estimate of drug-likeness (QED) is 0.846. The molecule has 128 valence electrons. The highest BCUT2D eigenvalue weighted by Crippen LogP contribution is 2.17. The first-order valence-corrected chi connectivity index (χ1v) is 8.24. The van der Waals surface area contributed by atoms with E-state index in [9.17, 15) is 9.90 Å². The Labute approximate surface area is 138 Å². The molecule has 1 aliphatic heterocycles. The number of urea groups is 1. The molecule has 0 aliphatic carbocycles. The number of rotatable bonds is 6. The number of carbonyl (C=O) groups is 1. The van der Waals surface area contributed by atoms with Gasteiger partial charge in [-0.1, -0.05) is 30.3 Å². The largest absolute Gasteiger partial charge is 0.389 e. The smallest absolute Gasteiger partial charge is 0.318 e. The number of amides is 2. The summed E-state index contributed by atoms with van der Waals surface area (Å²) in [5.41, 5.74) is 0.106. The van der Waals surface area contributed by atoms with Crippen molar-refractivity contribution >= 4 is 6.03 Å². The van der Waals surface area contributed by atoms with Gasteiger partial charge in [0.1, 0.15) is 0 Å². The molecule has 1 heterocycles. The maximum Gasteiger partial charge on any atom is 0.318 e. The molecular formula is C18H28N2O3. The van der Waals surface area contributed by atoms with Gasteiger partial charge in [-0.3, -0.25) is 0 Å².